The lowest BCUT2D eigenvalue weighted by molar-refractivity contribution is 0.0600. The lowest BCUT2D eigenvalue weighted by Crippen LogP contribution is -2.32. The first-order valence-corrected chi connectivity index (χ1v) is 7.29. The predicted molar refractivity (Wildman–Crippen MR) is 78.7 cm³/mol. The third-order valence-electron chi connectivity index (χ3n) is 4.36. The molecule has 2 atom stereocenters. The van der Waals surface area contributed by atoms with Gasteiger partial charge in [-0.15, -0.1) is 0 Å². The van der Waals surface area contributed by atoms with Crippen LogP contribution in [0.25, 0.3) is 10.9 Å². The number of aryl methyl sites for hydroxylation is 1. The van der Waals surface area contributed by atoms with Gasteiger partial charge in [-0.25, -0.2) is 4.98 Å². The van der Waals surface area contributed by atoms with E-state index in [0.29, 0.717) is 11.9 Å². The maximum Gasteiger partial charge on any atom is 0.261 e. The topological polar surface area (TPSA) is 55.1 Å². The van der Waals surface area contributed by atoms with Crippen molar-refractivity contribution in [2.24, 2.45) is 5.92 Å². The Balaban J connectivity index is 1.98. The van der Waals surface area contributed by atoms with Gasteiger partial charge in [-0.3, -0.25) is 9.36 Å². The van der Waals surface area contributed by atoms with E-state index in [4.69, 9.17) is 0 Å². The van der Waals surface area contributed by atoms with E-state index >= 15 is 0 Å². The zero-order chi connectivity index (χ0) is 14.1. The van der Waals surface area contributed by atoms with Gasteiger partial charge in [-0.1, -0.05) is 25.0 Å². The molecule has 4 nitrogen and oxygen atoms in total. The second kappa shape index (κ2) is 5.37. The van der Waals surface area contributed by atoms with Crippen LogP contribution in [0.15, 0.2) is 29.3 Å². The van der Waals surface area contributed by atoms with Crippen LogP contribution in [0.2, 0.25) is 0 Å². The Kier molecular flexibility index (Phi) is 3.57. The Bertz CT molecular complexity index is 678. The fraction of sp³-hybridized carbons (Fsp3) is 0.500. The first-order chi connectivity index (χ1) is 9.66. The molecule has 1 N–H and O–H groups in total. The van der Waals surface area contributed by atoms with Crippen molar-refractivity contribution >= 4 is 10.9 Å². The molecule has 1 saturated carbocycles. The molecule has 0 saturated heterocycles. The summed E-state index contributed by atoms with van der Waals surface area (Å²) in [5.74, 6) is 0.171. The maximum atomic E-state index is 12.6. The SMILES string of the molecule is Cc1cccc2ncn(C[C@H]3CCCC[C@H]3O)c(=O)c12. The molecule has 0 unspecified atom stereocenters. The van der Waals surface area contributed by atoms with Crippen molar-refractivity contribution in [3.63, 3.8) is 0 Å². The summed E-state index contributed by atoms with van der Waals surface area (Å²) in [6, 6.07) is 5.72. The van der Waals surface area contributed by atoms with Gasteiger partial charge in [0.05, 0.1) is 23.3 Å². The second-order valence-electron chi connectivity index (χ2n) is 5.78. The van der Waals surface area contributed by atoms with Crippen LogP contribution in [0.3, 0.4) is 0 Å². The highest BCUT2D eigenvalue weighted by Crippen LogP contribution is 2.25. The summed E-state index contributed by atoms with van der Waals surface area (Å²) in [6.07, 6.45) is 5.38. The van der Waals surface area contributed by atoms with E-state index in [-0.39, 0.29) is 17.6 Å². The molecule has 0 amide bonds. The molecule has 1 aliphatic rings. The lowest BCUT2D eigenvalue weighted by Gasteiger charge is -2.27. The molecule has 4 heteroatoms. The van der Waals surface area contributed by atoms with Crippen molar-refractivity contribution in [3.05, 3.63) is 40.4 Å². The van der Waals surface area contributed by atoms with Crippen molar-refractivity contribution in [2.45, 2.75) is 45.3 Å². The summed E-state index contributed by atoms with van der Waals surface area (Å²) in [4.78, 5) is 16.9. The minimum atomic E-state index is -0.289. The molecule has 1 aliphatic carbocycles. The monoisotopic (exact) mass is 272 g/mol. The van der Waals surface area contributed by atoms with Crippen LogP contribution in [0, 0.1) is 12.8 Å². The molecule has 2 aromatic rings. The number of hydrogen-bond donors (Lipinski definition) is 1. The third-order valence-corrected chi connectivity index (χ3v) is 4.36. The van der Waals surface area contributed by atoms with Gasteiger partial charge in [0.15, 0.2) is 0 Å². The van der Waals surface area contributed by atoms with E-state index in [2.05, 4.69) is 4.98 Å². The third kappa shape index (κ3) is 2.36. The molecule has 1 aromatic heterocycles. The minimum absolute atomic E-state index is 0.00544. The highest BCUT2D eigenvalue weighted by Gasteiger charge is 2.23. The van der Waals surface area contributed by atoms with E-state index in [1.807, 2.05) is 25.1 Å². The summed E-state index contributed by atoms with van der Waals surface area (Å²) in [7, 11) is 0. The van der Waals surface area contributed by atoms with Crippen molar-refractivity contribution in [2.75, 3.05) is 0 Å². The van der Waals surface area contributed by atoms with Gasteiger partial charge >= 0.3 is 0 Å². The molecule has 0 spiro atoms. The van der Waals surface area contributed by atoms with E-state index < -0.39 is 0 Å². The normalized spacial score (nSPS) is 23.1. The molecule has 0 aliphatic heterocycles. The highest BCUT2D eigenvalue weighted by molar-refractivity contribution is 5.80. The van der Waals surface area contributed by atoms with Crippen molar-refractivity contribution < 1.29 is 5.11 Å². The number of aliphatic hydroxyl groups is 1. The Morgan fingerprint density at radius 2 is 2.15 bits per heavy atom. The van der Waals surface area contributed by atoms with Gasteiger partial charge in [0, 0.05) is 12.5 Å². The van der Waals surface area contributed by atoms with Gasteiger partial charge in [0.1, 0.15) is 0 Å². The molecule has 1 aromatic carbocycles. The largest absolute Gasteiger partial charge is 0.393 e. The number of rotatable bonds is 2. The molecular weight excluding hydrogens is 252 g/mol. The zero-order valence-corrected chi connectivity index (χ0v) is 11.7. The van der Waals surface area contributed by atoms with E-state index in [1.54, 1.807) is 10.9 Å². The minimum Gasteiger partial charge on any atom is -0.393 e. The van der Waals surface area contributed by atoms with Gasteiger partial charge in [-0.05, 0) is 31.4 Å². The second-order valence-corrected chi connectivity index (χ2v) is 5.78. The molecule has 0 radical (unpaired) electrons. The quantitative estimate of drug-likeness (QED) is 0.912. The smallest absolute Gasteiger partial charge is 0.261 e. The Morgan fingerprint density at radius 3 is 2.95 bits per heavy atom. The Hall–Kier alpha value is -1.68. The number of aliphatic hydroxyl groups excluding tert-OH is 1. The van der Waals surface area contributed by atoms with Crippen LogP contribution in [-0.2, 0) is 6.54 Å². The molecule has 106 valence electrons. The number of nitrogens with zero attached hydrogens (tertiary/aromatic N) is 2. The molecule has 3 rings (SSSR count). The number of fused-ring (bicyclic) bond motifs is 1. The van der Waals surface area contributed by atoms with E-state index in [0.717, 1.165) is 36.8 Å². The number of benzene rings is 1. The van der Waals surface area contributed by atoms with Crippen LogP contribution >= 0.6 is 0 Å². The molecule has 20 heavy (non-hydrogen) atoms. The number of hydrogen-bond acceptors (Lipinski definition) is 3. The fourth-order valence-electron chi connectivity index (χ4n) is 3.15. The maximum absolute atomic E-state index is 12.6. The summed E-state index contributed by atoms with van der Waals surface area (Å²) < 4.78 is 1.66. The van der Waals surface area contributed by atoms with Crippen LogP contribution in [0.5, 0.6) is 0 Å². The van der Waals surface area contributed by atoms with Gasteiger partial charge in [-0.2, -0.15) is 0 Å². The lowest BCUT2D eigenvalue weighted by atomic mass is 9.86. The summed E-state index contributed by atoms with van der Waals surface area (Å²) in [6.45, 7) is 2.50. The Morgan fingerprint density at radius 1 is 1.35 bits per heavy atom. The number of aromatic nitrogens is 2. The molecule has 0 bridgehead atoms. The van der Waals surface area contributed by atoms with Crippen molar-refractivity contribution in [1.29, 1.82) is 0 Å². The summed E-state index contributed by atoms with van der Waals surface area (Å²) in [5.41, 5.74) is 1.71. The van der Waals surface area contributed by atoms with Crippen LogP contribution < -0.4 is 5.56 Å². The van der Waals surface area contributed by atoms with Crippen molar-refractivity contribution in [1.82, 2.24) is 9.55 Å². The average Bonchev–Trinajstić information content (AvgIpc) is 2.44. The highest BCUT2D eigenvalue weighted by atomic mass is 16.3. The molecular formula is C16H20N2O2. The van der Waals surface area contributed by atoms with E-state index in [9.17, 15) is 9.90 Å². The zero-order valence-electron chi connectivity index (χ0n) is 11.7. The summed E-state index contributed by atoms with van der Waals surface area (Å²) in [5, 5.41) is 10.7. The average molecular weight is 272 g/mol. The Labute approximate surface area is 118 Å². The first kappa shape index (κ1) is 13.3. The van der Waals surface area contributed by atoms with Gasteiger partial charge in [0.2, 0.25) is 0 Å². The van der Waals surface area contributed by atoms with Gasteiger partial charge in [0.25, 0.3) is 5.56 Å². The van der Waals surface area contributed by atoms with Crippen LogP contribution in [-0.4, -0.2) is 20.8 Å². The standard InChI is InChI=1S/C16H20N2O2/c1-11-5-4-7-13-15(11)16(20)18(10-17-13)9-12-6-2-3-8-14(12)19/h4-5,7,10,12,14,19H,2-3,6,8-9H2,1H3/t12-,14-/m1/s1. The van der Waals surface area contributed by atoms with Gasteiger partial charge < -0.3 is 5.11 Å². The van der Waals surface area contributed by atoms with Crippen LogP contribution in [0.4, 0.5) is 0 Å². The predicted octanol–water partition coefficient (Wildman–Crippen LogP) is 2.26. The molecule has 1 fully saturated rings. The van der Waals surface area contributed by atoms with Crippen LogP contribution in [0.1, 0.15) is 31.2 Å². The van der Waals surface area contributed by atoms with E-state index in [1.165, 1.54) is 0 Å². The summed E-state index contributed by atoms with van der Waals surface area (Å²) >= 11 is 0. The molecule has 1 heterocycles. The fourth-order valence-corrected chi connectivity index (χ4v) is 3.15. The first-order valence-electron chi connectivity index (χ1n) is 7.29. The van der Waals surface area contributed by atoms with Crippen molar-refractivity contribution in [3.8, 4) is 0 Å².